The van der Waals surface area contributed by atoms with Crippen LogP contribution < -0.4 is 5.46 Å². The topological polar surface area (TPSA) is 97.2 Å². The number of rotatable bonds is 6. The molecule has 0 radical (unpaired) electrons. The van der Waals surface area contributed by atoms with E-state index in [9.17, 15) is 10.0 Å². The van der Waals surface area contributed by atoms with Crippen molar-refractivity contribution >= 4 is 23.6 Å². The van der Waals surface area contributed by atoms with Crippen LogP contribution in [-0.2, 0) is 0 Å². The normalized spacial score (nSPS) is 12.1. The van der Waals surface area contributed by atoms with E-state index in [4.69, 9.17) is 14.5 Å². The largest absolute Gasteiger partial charge is 0.488 e. The molecule has 1 atom stereocenters. The van der Waals surface area contributed by atoms with Gasteiger partial charge in [-0.2, -0.15) is 0 Å². The van der Waals surface area contributed by atoms with Crippen molar-refractivity contribution in [3.63, 3.8) is 0 Å². The smallest absolute Gasteiger partial charge is 0.423 e. The van der Waals surface area contributed by atoms with Crippen molar-refractivity contribution in [3.05, 3.63) is 120 Å². The first-order valence-electron chi connectivity index (χ1n) is 12.4. The zero-order chi connectivity index (χ0) is 26.2. The molecule has 4 aromatic heterocycles. The number of benzene rings is 2. The maximum absolute atomic E-state index is 9.57. The molecule has 186 valence electrons. The van der Waals surface area contributed by atoms with Gasteiger partial charge in [-0.05, 0) is 48.6 Å². The Balaban J connectivity index is 1.63. The Morgan fingerprint density at radius 1 is 0.868 bits per heavy atom. The van der Waals surface area contributed by atoms with E-state index in [-0.39, 0.29) is 6.04 Å². The van der Waals surface area contributed by atoms with Gasteiger partial charge in [-0.3, -0.25) is 9.97 Å². The third-order valence-electron chi connectivity index (χ3n) is 6.87. The third-order valence-corrected chi connectivity index (χ3v) is 6.87. The Bertz CT molecular complexity index is 1650. The summed E-state index contributed by atoms with van der Waals surface area (Å²) in [7, 11) is -1.52. The van der Waals surface area contributed by atoms with E-state index in [1.54, 1.807) is 12.1 Å². The van der Waals surface area contributed by atoms with Crippen LogP contribution in [0, 0.1) is 13.8 Å². The SMILES string of the molecule is Cc1noc(C)c1-c1cnc2c(-c3ccc(B(O)O)cc3)cn([C@@H](c3ccccc3)c3ccccn3)c2c1. The fraction of sp³-hybridized carbons (Fsp3) is 0.100. The van der Waals surface area contributed by atoms with Gasteiger partial charge >= 0.3 is 7.12 Å². The quantitative estimate of drug-likeness (QED) is 0.322. The van der Waals surface area contributed by atoms with Crippen LogP contribution >= 0.6 is 0 Å². The van der Waals surface area contributed by atoms with E-state index in [1.807, 2.05) is 74.8 Å². The number of hydrogen-bond acceptors (Lipinski definition) is 6. The lowest BCUT2D eigenvalue weighted by Crippen LogP contribution is -2.29. The number of pyridine rings is 2. The highest BCUT2D eigenvalue weighted by atomic mass is 16.5. The van der Waals surface area contributed by atoms with Gasteiger partial charge in [0.1, 0.15) is 11.8 Å². The van der Waals surface area contributed by atoms with Gasteiger partial charge in [0.25, 0.3) is 0 Å². The van der Waals surface area contributed by atoms with E-state index in [0.717, 1.165) is 56.0 Å². The number of nitrogens with zero attached hydrogens (tertiary/aromatic N) is 4. The molecule has 0 fully saturated rings. The van der Waals surface area contributed by atoms with E-state index in [1.165, 1.54) is 0 Å². The number of aromatic nitrogens is 4. The molecular weight excluding hydrogens is 475 g/mol. The molecule has 0 saturated heterocycles. The highest BCUT2D eigenvalue weighted by Crippen LogP contribution is 2.38. The van der Waals surface area contributed by atoms with Crippen molar-refractivity contribution in [2.75, 3.05) is 0 Å². The lowest BCUT2D eigenvalue weighted by atomic mass is 9.80. The monoisotopic (exact) mass is 500 g/mol. The van der Waals surface area contributed by atoms with Gasteiger partial charge in [0.2, 0.25) is 0 Å². The summed E-state index contributed by atoms with van der Waals surface area (Å²) >= 11 is 0. The highest BCUT2D eigenvalue weighted by molar-refractivity contribution is 6.58. The first kappa shape index (κ1) is 23.8. The average molecular weight is 500 g/mol. The fourth-order valence-corrected chi connectivity index (χ4v) is 5.07. The fourth-order valence-electron chi connectivity index (χ4n) is 5.07. The molecule has 0 amide bonds. The Morgan fingerprint density at radius 2 is 1.63 bits per heavy atom. The summed E-state index contributed by atoms with van der Waals surface area (Å²) in [6, 6.07) is 25.4. The maximum atomic E-state index is 9.57. The van der Waals surface area contributed by atoms with Crippen LogP contribution in [0.4, 0.5) is 0 Å². The van der Waals surface area contributed by atoms with Gasteiger partial charge in [-0.25, -0.2) is 0 Å². The second-order valence-corrected chi connectivity index (χ2v) is 9.30. The number of fused-ring (bicyclic) bond motifs is 1. The zero-order valence-corrected chi connectivity index (χ0v) is 21.0. The van der Waals surface area contributed by atoms with Gasteiger partial charge in [-0.15, -0.1) is 0 Å². The van der Waals surface area contributed by atoms with Crippen LogP contribution in [0.2, 0.25) is 0 Å². The molecule has 0 unspecified atom stereocenters. The standard InChI is InChI=1S/C30H25BN4O3/c1-19-28(20(2)38-34-19)23-16-27-29(33-17-23)25(21-11-13-24(14-12-21)31(36)37)18-35(27)30(22-8-4-3-5-9-22)26-10-6-7-15-32-26/h3-18,30,36-37H,1-2H3/t30-/m0/s1. The van der Waals surface area contributed by atoms with Crippen molar-refractivity contribution in [2.45, 2.75) is 19.9 Å². The van der Waals surface area contributed by atoms with Crippen LogP contribution in [0.15, 0.2) is 102 Å². The highest BCUT2D eigenvalue weighted by Gasteiger charge is 2.24. The van der Waals surface area contributed by atoms with Crippen LogP contribution in [0.1, 0.15) is 28.8 Å². The Labute approximate surface area is 220 Å². The molecule has 0 aliphatic carbocycles. The average Bonchev–Trinajstić information content (AvgIpc) is 3.49. The first-order valence-corrected chi connectivity index (χ1v) is 12.4. The van der Waals surface area contributed by atoms with Crippen LogP contribution in [-0.4, -0.2) is 36.9 Å². The zero-order valence-electron chi connectivity index (χ0n) is 21.0. The molecule has 38 heavy (non-hydrogen) atoms. The molecule has 0 saturated carbocycles. The van der Waals surface area contributed by atoms with Gasteiger partial charge in [-0.1, -0.05) is 65.8 Å². The van der Waals surface area contributed by atoms with Gasteiger partial charge in [0, 0.05) is 35.3 Å². The predicted octanol–water partition coefficient (Wildman–Crippen LogP) is 4.69. The summed E-state index contributed by atoms with van der Waals surface area (Å²) in [5.41, 5.74) is 8.71. The Kier molecular flexibility index (Phi) is 6.11. The molecule has 6 rings (SSSR count). The summed E-state index contributed by atoms with van der Waals surface area (Å²) in [4.78, 5) is 9.66. The van der Waals surface area contributed by atoms with Crippen molar-refractivity contribution in [1.82, 2.24) is 19.7 Å². The van der Waals surface area contributed by atoms with Crippen molar-refractivity contribution < 1.29 is 14.6 Å². The molecular formula is C30H25BN4O3. The molecule has 2 N–H and O–H groups in total. The Hall–Kier alpha value is -4.53. The van der Waals surface area contributed by atoms with Gasteiger partial charge in [0.05, 0.1) is 22.4 Å². The van der Waals surface area contributed by atoms with Gasteiger partial charge in [0.15, 0.2) is 0 Å². The van der Waals surface area contributed by atoms with E-state index in [0.29, 0.717) is 5.46 Å². The van der Waals surface area contributed by atoms with E-state index < -0.39 is 7.12 Å². The summed E-state index contributed by atoms with van der Waals surface area (Å²) in [6.45, 7) is 3.83. The van der Waals surface area contributed by atoms with Crippen LogP contribution in [0.25, 0.3) is 33.3 Å². The molecule has 8 heteroatoms. The maximum Gasteiger partial charge on any atom is 0.488 e. The Morgan fingerprint density at radius 3 is 2.29 bits per heavy atom. The molecule has 0 spiro atoms. The summed E-state index contributed by atoms with van der Waals surface area (Å²) in [6.07, 6.45) is 5.77. The molecule has 0 aliphatic heterocycles. The predicted molar refractivity (Wildman–Crippen MR) is 148 cm³/mol. The number of aryl methyl sites for hydroxylation is 2. The minimum Gasteiger partial charge on any atom is -0.423 e. The van der Waals surface area contributed by atoms with Crippen molar-refractivity contribution in [1.29, 1.82) is 0 Å². The molecule has 0 bridgehead atoms. The summed E-state index contributed by atoms with van der Waals surface area (Å²) in [5, 5.41) is 23.3. The molecule has 2 aromatic carbocycles. The minimum absolute atomic E-state index is 0.200. The molecule has 4 heterocycles. The van der Waals surface area contributed by atoms with Crippen LogP contribution in [0.3, 0.4) is 0 Å². The van der Waals surface area contributed by atoms with E-state index in [2.05, 4.69) is 34.1 Å². The lowest BCUT2D eigenvalue weighted by Gasteiger charge is -2.20. The van der Waals surface area contributed by atoms with Crippen molar-refractivity contribution in [2.24, 2.45) is 0 Å². The lowest BCUT2D eigenvalue weighted by molar-refractivity contribution is 0.393. The first-order chi connectivity index (χ1) is 18.5. The van der Waals surface area contributed by atoms with Crippen molar-refractivity contribution in [3.8, 4) is 22.3 Å². The second kappa shape index (κ2) is 9.74. The van der Waals surface area contributed by atoms with E-state index >= 15 is 0 Å². The van der Waals surface area contributed by atoms with Gasteiger partial charge < -0.3 is 19.1 Å². The molecule has 6 aromatic rings. The second-order valence-electron chi connectivity index (χ2n) is 9.30. The van der Waals surface area contributed by atoms with Crippen LogP contribution in [0.5, 0.6) is 0 Å². The molecule has 7 nitrogen and oxygen atoms in total. The molecule has 0 aliphatic rings. The minimum atomic E-state index is -1.52. The third kappa shape index (κ3) is 4.20. The number of hydrogen-bond donors (Lipinski definition) is 2. The summed E-state index contributed by atoms with van der Waals surface area (Å²) < 4.78 is 7.66. The summed E-state index contributed by atoms with van der Waals surface area (Å²) in [5.74, 6) is 0.740.